The van der Waals surface area contributed by atoms with Crippen LogP contribution in [0.3, 0.4) is 0 Å². The van der Waals surface area contributed by atoms with Crippen molar-refractivity contribution in [3.8, 4) is 0 Å². The van der Waals surface area contributed by atoms with E-state index in [9.17, 15) is 13.2 Å². The van der Waals surface area contributed by atoms with Gasteiger partial charge in [-0.05, 0) is 18.1 Å². The molecule has 0 amide bonds. The van der Waals surface area contributed by atoms with Gasteiger partial charge in [0.1, 0.15) is 5.17 Å². The molecule has 0 spiro atoms. The van der Waals surface area contributed by atoms with Crippen molar-refractivity contribution < 1.29 is 13.2 Å². The Morgan fingerprint density at radius 1 is 1.29 bits per heavy atom. The highest BCUT2D eigenvalue weighted by molar-refractivity contribution is 6.65. The number of alkyl halides is 3. The Morgan fingerprint density at radius 2 is 1.88 bits per heavy atom. The highest BCUT2D eigenvalue weighted by atomic mass is 35.5. The molecule has 94 valence electrons. The lowest BCUT2D eigenvalue weighted by atomic mass is 10.1. The molecule has 1 nitrogen and oxygen atoms in total. The third kappa shape index (κ3) is 4.38. The quantitative estimate of drug-likeness (QED) is 0.679. The molecule has 0 N–H and O–H groups in total. The minimum Gasteiger partial charge on any atom is -0.241 e. The number of para-hydroxylation sites is 1. The van der Waals surface area contributed by atoms with Gasteiger partial charge >= 0.3 is 6.18 Å². The Balaban J connectivity index is 3.07. The summed E-state index contributed by atoms with van der Waals surface area (Å²) in [4.78, 5) is 3.83. The first-order chi connectivity index (χ1) is 7.80. The zero-order chi connectivity index (χ0) is 13.1. The second-order valence-electron chi connectivity index (χ2n) is 4.10. The molecule has 0 aliphatic heterocycles. The van der Waals surface area contributed by atoms with Gasteiger partial charge < -0.3 is 0 Å². The number of hydrogen-bond acceptors (Lipinski definition) is 1. The lowest BCUT2D eigenvalue weighted by Crippen LogP contribution is -2.05. The SMILES string of the molecule is CC(C)C/C(Cl)=N/c1ccccc1C(F)(F)F. The van der Waals surface area contributed by atoms with E-state index in [1.807, 2.05) is 13.8 Å². The Labute approximate surface area is 103 Å². The fraction of sp³-hybridized carbons (Fsp3) is 0.417. The van der Waals surface area contributed by atoms with E-state index in [0.717, 1.165) is 6.07 Å². The molecule has 0 aliphatic carbocycles. The first kappa shape index (κ1) is 14.0. The molecule has 0 bridgehead atoms. The molecule has 1 aromatic carbocycles. The lowest BCUT2D eigenvalue weighted by molar-refractivity contribution is -0.137. The molecular formula is C12H13ClF3N. The number of rotatable bonds is 3. The molecule has 5 heteroatoms. The van der Waals surface area contributed by atoms with Crippen molar-refractivity contribution in [3.05, 3.63) is 29.8 Å². The van der Waals surface area contributed by atoms with Crippen LogP contribution in [0.25, 0.3) is 0 Å². The monoisotopic (exact) mass is 263 g/mol. The summed E-state index contributed by atoms with van der Waals surface area (Å²) in [6.07, 6.45) is -3.94. The second-order valence-corrected chi connectivity index (χ2v) is 4.54. The molecule has 0 atom stereocenters. The normalized spacial score (nSPS) is 13.2. The summed E-state index contributed by atoms with van der Waals surface area (Å²) < 4.78 is 37.9. The average molecular weight is 264 g/mol. The van der Waals surface area contributed by atoms with Crippen molar-refractivity contribution in [3.63, 3.8) is 0 Å². The van der Waals surface area contributed by atoms with E-state index < -0.39 is 11.7 Å². The number of hydrogen-bond donors (Lipinski definition) is 0. The van der Waals surface area contributed by atoms with Crippen LogP contribution in [-0.4, -0.2) is 5.17 Å². The number of nitrogens with zero attached hydrogens (tertiary/aromatic N) is 1. The molecule has 17 heavy (non-hydrogen) atoms. The van der Waals surface area contributed by atoms with Gasteiger partial charge in [-0.25, -0.2) is 4.99 Å². The van der Waals surface area contributed by atoms with Gasteiger partial charge in [0.2, 0.25) is 0 Å². The summed E-state index contributed by atoms with van der Waals surface area (Å²) in [6.45, 7) is 3.85. The van der Waals surface area contributed by atoms with Gasteiger partial charge in [0.15, 0.2) is 0 Å². The highest BCUT2D eigenvalue weighted by Gasteiger charge is 2.33. The first-order valence-electron chi connectivity index (χ1n) is 5.20. The van der Waals surface area contributed by atoms with Crippen LogP contribution in [0.15, 0.2) is 29.3 Å². The lowest BCUT2D eigenvalue weighted by Gasteiger charge is -2.10. The maximum absolute atomic E-state index is 12.6. The summed E-state index contributed by atoms with van der Waals surface area (Å²) in [6, 6.07) is 5.15. The molecule has 1 rings (SSSR count). The third-order valence-corrected chi connectivity index (χ3v) is 2.27. The molecule has 0 aromatic heterocycles. The Morgan fingerprint density at radius 3 is 2.41 bits per heavy atom. The van der Waals surface area contributed by atoms with E-state index in [1.54, 1.807) is 0 Å². The van der Waals surface area contributed by atoms with Crippen molar-refractivity contribution in [2.24, 2.45) is 10.9 Å². The fourth-order valence-corrected chi connectivity index (χ4v) is 1.72. The smallest absolute Gasteiger partial charge is 0.241 e. The van der Waals surface area contributed by atoms with E-state index in [4.69, 9.17) is 11.6 Å². The van der Waals surface area contributed by atoms with Gasteiger partial charge in [0.05, 0.1) is 11.3 Å². The van der Waals surface area contributed by atoms with Crippen LogP contribution in [0.5, 0.6) is 0 Å². The van der Waals surface area contributed by atoms with Crippen LogP contribution in [0.1, 0.15) is 25.8 Å². The summed E-state index contributed by atoms with van der Waals surface area (Å²) in [5, 5.41) is 0.191. The van der Waals surface area contributed by atoms with E-state index in [0.29, 0.717) is 6.42 Å². The van der Waals surface area contributed by atoms with Crippen molar-refractivity contribution in [1.29, 1.82) is 0 Å². The summed E-state index contributed by atoms with van der Waals surface area (Å²) in [5.74, 6) is 0.254. The maximum Gasteiger partial charge on any atom is 0.418 e. The van der Waals surface area contributed by atoms with Crippen LogP contribution >= 0.6 is 11.6 Å². The molecular weight excluding hydrogens is 251 g/mol. The van der Waals surface area contributed by atoms with E-state index in [1.165, 1.54) is 18.2 Å². The molecule has 0 unspecified atom stereocenters. The predicted molar refractivity (Wildman–Crippen MR) is 63.8 cm³/mol. The van der Waals surface area contributed by atoms with E-state index >= 15 is 0 Å². The van der Waals surface area contributed by atoms with Crippen LogP contribution in [-0.2, 0) is 6.18 Å². The van der Waals surface area contributed by atoms with Gasteiger partial charge in [0, 0.05) is 6.42 Å². The third-order valence-electron chi connectivity index (χ3n) is 2.03. The molecule has 0 saturated carbocycles. The van der Waals surface area contributed by atoms with E-state index in [2.05, 4.69) is 4.99 Å². The molecule has 0 saturated heterocycles. The van der Waals surface area contributed by atoms with Crippen molar-refractivity contribution >= 4 is 22.5 Å². The zero-order valence-corrected chi connectivity index (χ0v) is 10.3. The van der Waals surface area contributed by atoms with E-state index in [-0.39, 0.29) is 16.8 Å². The Hall–Kier alpha value is -1.03. The maximum atomic E-state index is 12.6. The van der Waals surface area contributed by atoms with Crippen LogP contribution in [0.2, 0.25) is 0 Å². The minimum atomic E-state index is -4.41. The standard InChI is InChI=1S/C12H13ClF3N/c1-8(2)7-11(13)17-10-6-4-3-5-9(10)12(14,15)16/h3-6,8H,7H2,1-2H3/b17-11-. The highest BCUT2D eigenvalue weighted by Crippen LogP contribution is 2.36. The average Bonchev–Trinajstić information content (AvgIpc) is 2.15. The molecule has 0 heterocycles. The number of halogens is 4. The fourth-order valence-electron chi connectivity index (χ4n) is 1.32. The van der Waals surface area contributed by atoms with Crippen LogP contribution in [0.4, 0.5) is 18.9 Å². The Bertz CT molecular complexity index is 410. The van der Waals surface area contributed by atoms with Crippen molar-refractivity contribution in [2.75, 3.05) is 0 Å². The number of benzene rings is 1. The predicted octanol–water partition coefficient (Wildman–Crippen LogP) is 5.02. The molecule has 0 aliphatic rings. The summed E-state index contributed by atoms with van der Waals surface area (Å²) in [5.41, 5.74) is -0.896. The van der Waals surface area contributed by atoms with Gasteiger partial charge in [-0.3, -0.25) is 0 Å². The first-order valence-corrected chi connectivity index (χ1v) is 5.57. The zero-order valence-electron chi connectivity index (χ0n) is 9.55. The molecule has 0 radical (unpaired) electrons. The van der Waals surface area contributed by atoms with Gasteiger partial charge in [-0.2, -0.15) is 13.2 Å². The summed E-state index contributed by atoms with van der Waals surface area (Å²) in [7, 11) is 0. The van der Waals surface area contributed by atoms with Gasteiger partial charge in [0.25, 0.3) is 0 Å². The van der Waals surface area contributed by atoms with Crippen molar-refractivity contribution in [1.82, 2.24) is 0 Å². The van der Waals surface area contributed by atoms with Gasteiger partial charge in [-0.1, -0.05) is 37.6 Å². The topological polar surface area (TPSA) is 12.4 Å². The second kappa shape index (κ2) is 5.54. The summed E-state index contributed by atoms with van der Waals surface area (Å²) >= 11 is 5.82. The largest absolute Gasteiger partial charge is 0.418 e. The Kier molecular flexibility index (Phi) is 4.57. The number of aliphatic imine (C=N–C) groups is 1. The molecule has 0 fully saturated rings. The van der Waals surface area contributed by atoms with Crippen molar-refractivity contribution in [2.45, 2.75) is 26.4 Å². The van der Waals surface area contributed by atoms with Crippen LogP contribution in [0, 0.1) is 5.92 Å². The van der Waals surface area contributed by atoms with Crippen LogP contribution < -0.4 is 0 Å². The molecule has 1 aromatic rings. The van der Waals surface area contributed by atoms with Gasteiger partial charge in [-0.15, -0.1) is 0 Å². The minimum absolute atomic E-state index is 0.134.